The predicted octanol–water partition coefficient (Wildman–Crippen LogP) is 3.93. The zero-order valence-corrected chi connectivity index (χ0v) is 15.8. The van der Waals surface area contributed by atoms with E-state index in [0.29, 0.717) is 35.4 Å². The van der Waals surface area contributed by atoms with Crippen molar-refractivity contribution < 1.29 is 4.39 Å². The molecule has 0 radical (unpaired) electrons. The first-order valence-corrected chi connectivity index (χ1v) is 8.74. The van der Waals surface area contributed by atoms with Crippen molar-refractivity contribution in [2.24, 2.45) is 0 Å². The Kier molecular flexibility index (Phi) is 5.83. The number of halogens is 2. The number of benzene rings is 2. The summed E-state index contributed by atoms with van der Waals surface area (Å²) < 4.78 is 14.0. The summed E-state index contributed by atoms with van der Waals surface area (Å²) >= 11 is 6.09. The number of nitrogens with one attached hydrogen (secondary N) is 1. The van der Waals surface area contributed by atoms with E-state index in [-0.39, 0.29) is 11.8 Å². The van der Waals surface area contributed by atoms with Crippen LogP contribution in [-0.4, -0.2) is 26.9 Å². The van der Waals surface area contributed by atoms with Crippen LogP contribution in [0.3, 0.4) is 0 Å². The van der Waals surface area contributed by atoms with Gasteiger partial charge in [0.25, 0.3) is 0 Å². The van der Waals surface area contributed by atoms with Gasteiger partial charge >= 0.3 is 0 Å². The van der Waals surface area contributed by atoms with Crippen molar-refractivity contribution in [3.05, 3.63) is 70.3 Å². The average Bonchev–Trinajstić information content (AvgIpc) is 2.60. The predicted molar refractivity (Wildman–Crippen MR) is 105 cm³/mol. The highest BCUT2D eigenvalue weighted by molar-refractivity contribution is 6.31. The van der Waals surface area contributed by atoms with Crippen molar-refractivity contribution in [2.75, 3.05) is 18.1 Å². The van der Waals surface area contributed by atoms with Crippen LogP contribution in [0.5, 0.6) is 0 Å². The van der Waals surface area contributed by atoms with Crippen molar-refractivity contribution in [1.29, 1.82) is 0 Å². The molecule has 0 fully saturated rings. The third kappa shape index (κ3) is 5.12. The fourth-order valence-corrected chi connectivity index (χ4v) is 2.80. The van der Waals surface area contributed by atoms with Crippen molar-refractivity contribution in [1.82, 2.24) is 19.9 Å². The molecule has 0 aliphatic carbocycles. The highest BCUT2D eigenvalue weighted by atomic mass is 35.5. The van der Waals surface area contributed by atoms with Crippen LogP contribution in [-0.2, 0) is 13.1 Å². The number of hydrogen-bond donors (Lipinski definition) is 2. The summed E-state index contributed by atoms with van der Waals surface area (Å²) in [6.07, 6.45) is 0. The van der Waals surface area contributed by atoms with Crippen LogP contribution in [0.4, 0.5) is 22.0 Å². The van der Waals surface area contributed by atoms with E-state index < -0.39 is 0 Å². The van der Waals surface area contributed by atoms with Crippen LogP contribution in [0.2, 0.25) is 5.02 Å². The monoisotopic (exact) mass is 386 g/mol. The molecule has 140 valence electrons. The molecule has 0 aliphatic heterocycles. The second kappa shape index (κ2) is 8.28. The maximum Gasteiger partial charge on any atom is 0.232 e. The number of aromatic nitrogens is 3. The third-order valence-corrected chi connectivity index (χ3v) is 4.26. The molecule has 0 saturated carbocycles. The summed E-state index contributed by atoms with van der Waals surface area (Å²) in [5, 5.41) is 3.50. The van der Waals surface area contributed by atoms with E-state index >= 15 is 0 Å². The number of hydrogen-bond acceptors (Lipinski definition) is 6. The SMILES string of the molecule is Cc1ccc(Nc2nc(N)nc(CN(C)Cc3c(F)cccc3Cl)n2)cc1. The van der Waals surface area contributed by atoms with Crippen LogP contribution < -0.4 is 11.1 Å². The van der Waals surface area contributed by atoms with Gasteiger partial charge < -0.3 is 11.1 Å². The summed E-state index contributed by atoms with van der Waals surface area (Å²) in [7, 11) is 1.83. The van der Waals surface area contributed by atoms with Gasteiger partial charge in [-0.25, -0.2) is 4.39 Å². The summed E-state index contributed by atoms with van der Waals surface area (Å²) in [5.41, 5.74) is 8.25. The molecule has 0 amide bonds. The minimum atomic E-state index is -0.341. The van der Waals surface area contributed by atoms with Crippen LogP contribution in [0, 0.1) is 12.7 Å². The molecule has 1 aromatic heterocycles. The number of nitrogens with two attached hydrogens (primary N) is 1. The number of rotatable bonds is 6. The first-order chi connectivity index (χ1) is 12.9. The van der Waals surface area contributed by atoms with E-state index in [2.05, 4.69) is 20.3 Å². The summed E-state index contributed by atoms with van der Waals surface area (Å²) in [6.45, 7) is 2.69. The van der Waals surface area contributed by atoms with Crippen molar-refractivity contribution >= 4 is 29.2 Å². The zero-order chi connectivity index (χ0) is 19.4. The van der Waals surface area contributed by atoms with Crippen molar-refractivity contribution in [2.45, 2.75) is 20.0 Å². The zero-order valence-electron chi connectivity index (χ0n) is 15.1. The molecular formula is C19H20ClFN6. The molecular weight excluding hydrogens is 367 g/mol. The molecule has 3 rings (SSSR count). The minimum absolute atomic E-state index is 0.118. The van der Waals surface area contributed by atoms with Crippen LogP contribution >= 0.6 is 11.6 Å². The number of aryl methyl sites for hydroxylation is 1. The molecule has 1 heterocycles. The Bertz CT molecular complexity index is 912. The second-order valence-corrected chi connectivity index (χ2v) is 6.70. The van der Waals surface area contributed by atoms with Crippen molar-refractivity contribution in [3.8, 4) is 0 Å². The van der Waals surface area contributed by atoms with Gasteiger partial charge in [0.1, 0.15) is 11.6 Å². The molecule has 0 spiro atoms. The first-order valence-electron chi connectivity index (χ1n) is 8.36. The van der Waals surface area contributed by atoms with E-state index in [0.717, 1.165) is 11.3 Å². The Morgan fingerprint density at radius 2 is 1.81 bits per heavy atom. The lowest BCUT2D eigenvalue weighted by Gasteiger charge is -2.17. The van der Waals surface area contributed by atoms with E-state index in [1.807, 2.05) is 43.1 Å². The maximum atomic E-state index is 14.0. The smallest absolute Gasteiger partial charge is 0.232 e. The van der Waals surface area contributed by atoms with Gasteiger partial charge in [0, 0.05) is 22.8 Å². The topological polar surface area (TPSA) is 80.0 Å². The number of nitrogen functional groups attached to an aromatic ring is 1. The van der Waals surface area contributed by atoms with Gasteiger partial charge in [0.15, 0.2) is 0 Å². The fourth-order valence-electron chi connectivity index (χ4n) is 2.58. The van der Waals surface area contributed by atoms with E-state index in [1.54, 1.807) is 12.1 Å². The quantitative estimate of drug-likeness (QED) is 0.668. The molecule has 0 aliphatic rings. The molecule has 0 saturated heterocycles. The van der Waals surface area contributed by atoms with E-state index in [4.69, 9.17) is 17.3 Å². The molecule has 0 unspecified atom stereocenters. The largest absolute Gasteiger partial charge is 0.368 e. The molecule has 27 heavy (non-hydrogen) atoms. The Hall–Kier alpha value is -2.77. The van der Waals surface area contributed by atoms with Gasteiger partial charge in [-0.05, 0) is 38.2 Å². The van der Waals surface area contributed by atoms with E-state index in [1.165, 1.54) is 6.07 Å². The molecule has 3 N–H and O–H groups in total. The molecule has 0 atom stereocenters. The lowest BCUT2D eigenvalue weighted by Crippen LogP contribution is -2.21. The summed E-state index contributed by atoms with van der Waals surface area (Å²) in [5.74, 6) is 0.615. The Labute approximate surface area is 162 Å². The highest BCUT2D eigenvalue weighted by Gasteiger charge is 2.12. The maximum absolute atomic E-state index is 14.0. The highest BCUT2D eigenvalue weighted by Crippen LogP contribution is 2.21. The average molecular weight is 387 g/mol. The summed E-state index contributed by atoms with van der Waals surface area (Å²) in [6, 6.07) is 12.5. The number of anilines is 3. The van der Waals surface area contributed by atoms with Gasteiger partial charge in [-0.15, -0.1) is 0 Å². The molecule has 2 aromatic carbocycles. The van der Waals surface area contributed by atoms with Gasteiger partial charge in [-0.2, -0.15) is 15.0 Å². The van der Waals surface area contributed by atoms with Crippen LogP contribution in [0.15, 0.2) is 42.5 Å². The number of nitrogens with zero attached hydrogens (tertiary/aromatic N) is 4. The lowest BCUT2D eigenvalue weighted by atomic mass is 10.2. The molecule has 6 nitrogen and oxygen atoms in total. The van der Waals surface area contributed by atoms with Gasteiger partial charge in [-0.3, -0.25) is 4.90 Å². The van der Waals surface area contributed by atoms with Crippen LogP contribution in [0.1, 0.15) is 17.0 Å². The Morgan fingerprint density at radius 1 is 1.07 bits per heavy atom. The fraction of sp³-hybridized carbons (Fsp3) is 0.211. The van der Waals surface area contributed by atoms with Gasteiger partial charge in [0.2, 0.25) is 11.9 Å². The first kappa shape index (κ1) is 19.0. The van der Waals surface area contributed by atoms with Gasteiger partial charge in [-0.1, -0.05) is 35.4 Å². The molecule has 3 aromatic rings. The third-order valence-electron chi connectivity index (χ3n) is 3.91. The van der Waals surface area contributed by atoms with E-state index in [9.17, 15) is 4.39 Å². The molecule has 0 bridgehead atoms. The standard InChI is InChI=1S/C19H20ClFN6/c1-12-6-8-13(9-7-12)23-19-25-17(24-18(22)26-19)11-27(2)10-14-15(20)4-3-5-16(14)21/h3-9H,10-11H2,1-2H3,(H3,22,23,24,25,26). The van der Waals surface area contributed by atoms with Gasteiger partial charge in [0.05, 0.1) is 6.54 Å². The van der Waals surface area contributed by atoms with Crippen LogP contribution in [0.25, 0.3) is 0 Å². The summed E-state index contributed by atoms with van der Waals surface area (Å²) in [4.78, 5) is 14.5. The normalized spacial score (nSPS) is 11.0. The minimum Gasteiger partial charge on any atom is -0.368 e. The lowest BCUT2D eigenvalue weighted by molar-refractivity contribution is 0.305. The Morgan fingerprint density at radius 3 is 2.52 bits per heavy atom. The second-order valence-electron chi connectivity index (χ2n) is 6.30. The molecule has 8 heteroatoms. The van der Waals surface area contributed by atoms with Crippen molar-refractivity contribution in [3.63, 3.8) is 0 Å². The Balaban J connectivity index is 1.73.